The third-order valence-corrected chi connectivity index (χ3v) is 3.61. The molecule has 1 heterocycles. The first-order chi connectivity index (χ1) is 10.2. The minimum atomic E-state index is 0.524. The molecule has 0 radical (unpaired) electrons. The summed E-state index contributed by atoms with van der Waals surface area (Å²) in [7, 11) is 0. The largest absolute Gasteiger partial charge is 0.399 e. The van der Waals surface area contributed by atoms with E-state index in [9.17, 15) is 0 Å². The van der Waals surface area contributed by atoms with Gasteiger partial charge in [0.05, 0.1) is 10.7 Å². The van der Waals surface area contributed by atoms with E-state index in [0.29, 0.717) is 16.5 Å². The minimum absolute atomic E-state index is 0.524. The van der Waals surface area contributed by atoms with Crippen molar-refractivity contribution in [1.29, 1.82) is 0 Å². The summed E-state index contributed by atoms with van der Waals surface area (Å²) in [5.41, 5.74) is 9.22. The Kier molecular flexibility index (Phi) is 3.58. The molecule has 0 aliphatic rings. The van der Waals surface area contributed by atoms with E-state index in [2.05, 4.69) is 34.6 Å². The standard InChI is InChI=1S/C15H14ClN5/c1-2-10-3-6-12(7-4-10)21-15(18-19-20-21)13-8-5-11(17)9-14(13)16/h3-9H,2,17H2,1H3. The normalized spacial score (nSPS) is 10.8. The lowest BCUT2D eigenvalue weighted by Gasteiger charge is -2.07. The van der Waals surface area contributed by atoms with Crippen molar-refractivity contribution in [1.82, 2.24) is 20.2 Å². The number of nitrogen functional groups attached to an aromatic ring is 1. The zero-order chi connectivity index (χ0) is 14.8. The molecule has 0 saturated heterocycles. The number of nitrogens with zero attached hydrogens (tertiary/aromatic N) is 4. The van der Waals surface area contributed by atoms with Crippen LogP contribution < -0.4 is 5.73 Å². The quantitative estimate of drug-likeness (QED) is 0.754. The summed E-state index contributed by atoms with van der Waals surface area (Å²) in [5.74, 6) is 0.587. The molecule has 106 valence electrons. The number of nitrogens with two attached hydrogens (primary N) is 1. The summed E-state index contributed by atoms with van der Waals surface area (Å²) in [6, 6.07) is 13.4. The van der Waals surface area contributed by atoms with Crippen LogP contribution in [0.3, 0.4) is 0 Å². The summed E-state index contributed by atoms with van der Waals surface area (Å²) >= 11 is 6.24. The van der Waals surface area contributed by atoms with E-state index in [1.807, 2.05) is 18.2 Å². The molecular formula is C15H14ClN5. The molecule has 0 atom stereocenters. The number of hydrogen-bond acceptors (Lipinski definition) is 4. The summed E-state index contributed by atoms with van der Waals surface area (Å²) in [6.45, 7) is 2.12. The molecule has 0 aliphatic carbocycles. The summed E-state index contributed by atoms with van der Waals surface area (Å²) < 4.78 is 1.66. The van der Waals surface area contributed by atoms with E-state index >= 15 is 0 Å². The fraction of sp³-hybridized carbons (Fsp3) is 0.133. The Morgan fingerprint density at radius 1 is 1.14 bits per heavy atom. The van der Waals surface area contributed by atoms with E-state index in [1.54, 1.807) is 16.8 Å². The van der Waals surface area contributed by atoms with Crippen LogP contribution in [-0.2, 0) is 6.42 Å². The van der Waals surface area contributed by atoms with Crippen molar-refractivity contribution in [2.24, 2.45) is 0 Å². The van der Waals surface area contributed by atoms with Gasteiger partial charge in [0.1, 0.15) is 0 Å². The highest BCUT2D eigenvalue weighted by atomic mass is 35.5. The van der Waals surface area contributed by atoms with Gasteiger partial charge >= 0.3 is 0 Å². The molecule has 2 N–H and O–H groups in total. The number of halogens is 1. The predicted molar refractivity (Wildman–Crippen MR) is 83.4 cm³/mol. The number of rotatable bonds is 3. The van der Waals surface area contributed by atoms with Crippen molar-refractivity contribution in [2.45, 2.75) is 13.3 Å². The molecule has 0 amide bonds. The summed E-state index contributed by atoms with van der Waals surface area (Å²) in [4.78, 5) is 0. The maximum Gasteiger partial charge on any atom is 0.188 e. The van der Waals surface area contributed by atoms with Gasteiger partial charge in [0.2, 0.25) is 0 Å². The predicted octanol–water partition coefficient (Wildman–Crippen LogP) is 3.13. The van der Waals surface area contributed by atoms with Gasteiger partial charge in [-0.05, 0) is 52.7 Å². The molecule has 2 aromatic carbocycles. The second-order valence-corrected chi connectivity index (χ2v) is 5.08. The van der Waals surface area contributed by atoms with Crippen LogP contribution in [0.5, 0.6) is 0 Å². The molecule has 0 bridgehead atoms. The van der Waals surface area contributed by atoms with Gasteiger partial charge < -0.3 is 5.73 Å². The Bertz CT molecular complexity index is 764. The Balaban J connectivity index is 2.07. The third kappa shape index (κ3) is 2.60. The molecule has 5 nitrogen and oxygen atoms in total. The molecule has 3 aromatic rings. The molecule has 1 aromatic heterocycles. The van der Waals surface area contributed by atoms with E-state index in [1.165, 1.54) is 5.56 Å². The lowest BCUT2D eigenvalue weighted by Crippen LogP contribution is -2.00. The monoisotopic (exact) mass is 299 g/mol. The number of anilines is 1. The zero-order valence-corrected chi connectivity index (χ0v) is 12.2. The van der Waals surface area contributed by atoms with E-state index in [0.717, 1.165) is 17.7 Å². The first kappa shape index (κ1) is 13.6. The fourth-order valence-corrected chi connectivity index (χ4v) is 2.39. The van der Waals surface area contributed by atoms with E-state index < -0.39 is 0 Å². The SMILES string of the molecule is CCc1ccc(-n2nnnc2-c2ccc(N)cc2Cl)cc1. The van der Waals surface area contributed by atoms with E-state index in [4.69, 9.17) is 17.3 Å². The van der Waals surface area contributed by atoms with Crippen LogP contribution in [-0.4, -0.2) is 20.2 Å². The van der Waals surface area contributed by atoms with Crippen molar-refractivity contribution in [3.63, 3.8) is 0 Å². The highest BCUT2D eigenvalue weighted by Crippen LogP contribution is 2.28. The smallest absolute Gasteiger partial charge is 0.188 e. The van der Waals surface area contributed by atoms with Gasteiger partial charge in [-0.1, -0.05) is 30.7 Å². The maximum absolute atomic E-state index is 6.24. The lowest BCUT2D eigenvalue weighted by molar-refractivity contribution is 0.791. The number of tetrazole rings is 1. The van der Waals surface area contributed by atoms with Gasteiger partial charge in [-0.25, -0.2) is 0 Å². The van der Waals surface area contributed by atoms with Gasteiger partial charge in [-0.3, -0.25) is 0 Å². The van der Waals surface area contributed by atoms with E-state index in [-0.39, 0.29) is 0 Å². The second-order valence-electron chi connectivity index (χ2n) is 4.67. The van der Waals surface area contributed by atoms with Crippen molar-refractivity contribution in [3.05, 3.63) is 53.1 Å². The average molecular weight is 300 g/mol. The average Bonchev–Trinajstić information content (AvgIpc) is 2.96. The van der Waals surface area contributed by atoms with Crippen molar-refractivity contribution < 1.29 is 0 Å². The molecule has 0 aliphatic heterocycles. The molecule has 0 saturated carbocycles. The third-order valence-electron chi connectivity index (χ3n) is 3.29. The van der Waals surface area contributed by atoms with Crippen LogP contribution in [0.4, 0.5) is 5.69 Å². The fourth-order valence-electron chi connectivity index (χ4n) is 2.11. The first-order valence-electron chi connectivity index (χ1n) is 6.62. The van der Waals surface area contributed by atoms with Gasteiger partial charge in [0.25, 0.3) is 0 Å². The second kappa shape index (κ2) is 5.54. The Morgan fingerprint density at radius 2 is 1.90 bits per heavy atom. The molecule has 3 rings (SSSR count). The maximum atomic E-state index is 6.24. The Morgan fingerprint density at radius 3 is 2.57 bits per heavy atom. The van der Waals surface area contributed by atoms with Crippen LogP contribution in [0, 0.1) is 0 Å². The highest BCUT2D eigenvalue weighted by Gasteiger charge is 2.14. The van der Waals surface area contributed by atoms with Gasteiger partial charge in [0.15, 0.2) is 5.82 Å². The number of hydrogen-bond donors (Lipinski definition) is 1. The molecule has 0 unspecified atom stereocenters. The van der Waals surface area contributed by atoms with Gasteiger partial charge in [-0.15, -0.1) is 5.10 Å². The topological polar surface area (TPSA) is 69.6 Å². The Hall–Kier alpha value is -2.40. The lowest BCUT2D eigenvalue weighted by atomic mass is 10.1. The molecule has 21 heavy (non-hydrogen) atoms. The molecular weight excluding hydrogens is 286 g/mol. The van der Waals surface area contributed by atoms with Crippen LogP contribution in [0.15, 0.2) is 42.5 Å². The zero-order valence-electron chi connectivity index (χ0n) is 11.5. The molecule has 6 heteroatoms. The molecule has 0 fully saturated rings. The van der Waals surface area contributed by atoms with Crippen LogP contribution in [0.1, 0.15) is 12.5 Å². The van der Waals surface area contributed by atoms with Crippen LogP contribution >= 0.6 is 11.6 Å². The van der Waals surface area contributed by atoms with Gasteiger partial charge in [0, 0.05) is 11.3 Å². The minimum Gasteiger partial charge on any atom is -0.399 e. The molecule has 0 spiro atoms. The highest BCUT2D eigenvalue weighted by molar-refractivity contribution is 6.33. The van der Waals surface area contributed by atoms with Crippen LogP contribution in [0.2, 0.25) is 5.02 Å². The van der Waals surface area contributed by atoms with Crippen molar-refractivity contribution in [2.75, 3.05) is 5.73 Å². The Labute approximate surface area is 127 Å². The number of benzene rings is 2. The summed E-state index contributed by atoms with van der Waals surface area (Å²) in [6.07, 6.45) is 0.993. The number of aromatic nitrogens is 4. The van der Waals surface area contributed by atoms with Gasteiger partial charge in [-0.2, -0.15) is 4.68 Å². The van der Waals surface area contributed by atoms with Crippen molar-refractivity contribution >= 4 is 17.3 Å². The first-order valence-corrected chi connectivity index (χ1v) is 7.00. The van der Waals surface area contributed by atoms with Crippen molar-refractivity contribution in [3.8, 4) is 17.1 Å². The van der Waals surface area contributed by atoms with Crippen LogP contribution in [0.25, 0.3) is 17.1 Å². The summed E-state index contributed by atoms with van der Waals surface area (Å²) in [5, 5.41) is 12.4. The number of aryl methyl sites for hydroxylation is 1.